The number of rotatable bonds is 13. The van der Waals surface area contributed by atoms with E-state index in [1.807, 2.05) is 6.07 Å². The molecule has 32 heavy (non-hydrogen) atoms. The van der Waals surface area contributed by atoms with E-state index in [0.717, 1.165) is 5.56 Å². The third-order valence-corrected chi connectivity index (χ3v) is 4.85. The van der Waals surface area contributed by atoms with Gasteiger partial charge in [-0.15, -0.1) is 0 Å². The second kappa shape index (κ2) is 13.1. The molecule has 0 aromatic heterocycles. The van der Waals surface area contributed by atoms with Crippen molar-refractivity contribution in [2.75, 3.05) is 6.54 Å². The minimum Gasteiger partial charge on any atom is -0.481 e. The maximum absolute atomic E-state index is 12.7. The van der Waals surface area contributed by atoms with Crippen molar-refractivity contribution in [2.45, 2.75) is 51.2 Å². The average Bonchev–Trinajstić information content (AvgIpc) is 2.74. The van der Waals surface area contributed by atoms with Crippen LogP contribution in [0.4, 0.5) is 0 Å². The number of carbonyl (C=O) groups excluding carboxylic acids is 3. The van der Waals surface area contributed by atoms with Gasteiger partial charge in [0.1, 0.15) is 18.6 Å². The first-order valence-corrected chi connectivity index (χ1v) is 10.2. The minimum absolute atomic E-state index is 0.182. The lowest BCUT2D eigenvalue weighted by atomic mass is 9.97. The van der Waals surface area contributed by atoms with Crippen LogP contribution in [0.1, 0.15) is 32.3 Å². The first-order valence-electron chi connectivity index (χ1n) is 10.2. The van der Waals surface area contributed by atoms with Gasteiger partial charge in [-0.2, -0.15) is 0 Å². The summed E-state index contributed by atoms with van der Waals surface area (Å²) >= 11 is 0. The van der Waals surface area contributed by atoms with Gasteiger partial charge in [-0.25, -0.2) is 0 Å². The van der Waals surface area contributed by atoms with E-state index < -0.39 is 60.8 Å². The fourth-order valence-electron chi connectivity index (χ4n) is 2.85. The average molecular weight is 450 g/mol. The Kier molecular flexibility index (Phi) is 10.8. The van der Waals surface area contributed by atoms with Crippen LogP contribution < -0.4 is 21.7 Å². The van der Waals surface area contributed by atoms with Gasteiger partial charge >= 0.3 is 11.9 Å². The normalized spacial score (nSPS) is 14.3. The monoisotopic (exact) mass is 450 g/mol. The van der Waals surface area contributed by atoms with E-state index in [1.54, 1.807) is 38.1 Å². The van der Waals surface area contributed by atoms with Crippen LogP contribution >= 0.6 is 0 Å². The second-order valence-electron chi connectivity index (χ2n) is 7.44. The lowest BCUT2D eigenvalue weighted by Gasteiger charge is -2.26. The molecule has 176 valence electrons. The largest absolute Gasteiger partial charge is 0.481 e. The molecule has 1 aromatic carbocycles. The van der Waals surface area contributed by atoms with Crippen LogP contribution in [0.3, 0.4) is 0 Å². The molecule has 0 aliphatic rings. The Bertz CT molecular complexity index is 816. The molecule has 0 radical (unpaired) electrons. The molecule has 0 aliphatic carbocycles. The Morgan fingerprint density at radius 3 is 2.09 bits per heavy atom. The van der Waals surface area contributed by atoms with Crippen molar-refractivity contribution < 1.29 is 34.2 Å². The van der Waals surface area contributed by atoms with E-state index in [2.05, 4.69) is 16.0 Å². The van der Waals surface area contributed by atoms with Crippen LogP contribution in [-0.2, 0) is 30.4 Å². The number of carbonyl (C=O) groups is 5. The summed E-state index contributed by atoms with van der Waals surface area (Å²) in [5.41, 5.74) is 6.70. The highest BCUT2D eigenvalue weighted by atomic mass is 16.4. The van der Waals surface area contributed by atoms with Gasteiger partial charge in [0.25, 0.3) is 0 Å². The number of aliphatic carboxylic acids is 2. The molecular weight excluding hydrogens is 420 g/mol. The fraction of sp³-hybridized carbons (Fsp3) is 0.476. The third-order valence-electron chi connectivity index (χ3n) is 4.85. The summed E-state index contributed by atoms with van der Waals surface area (Å²) in [6.45, 7) is 2.81. The highest BCUT2D eigenvalue weighted by Crippen LogP contribution is 2.09. The van der Waals surface area contributed by atoms with E-state index >= 15 is 0 Å². The number of hydrogen-bond acceptors (Lipinski definition) is 6. The number of carboxylic acids is 2. The van der Waals surface area contributed by atoms with Gasteiger partial charge < -0.3 is 31.9 Å². The van der Waals surface area contributed by atoms with Crippen LogP contribution in [0.5, 0.6) is 0 Å². The number of hydrogen-bond donors (Lipinski definition) is 6. The van der Waals surface area contributed by atoms with Gasteiger partial charge in [-0.05, 0) is 17.9 Å². The van der Waals surface area contributed by atoms with Crippen LogP contribution in [0.25, 0.3) is 0 Å². The minimum atomic E-state index is -1.47. The third kappa shape index (κ3) is 9.13. The zero-order valence-electron chi connectivity index (χ0n) is 18.0. The van der Waals surface area contributed by atoms with Gasteiger partial charge in [0.05, 0.1) is 12.5 Å². The zero-order chi connectivity index (χ0) is 24.3. The first-order chi connectivity index (χ1) is 15.0. The van der Waals surface area contributed by atoms with Crippen molar-refractivity contribution >= 4 is 29.7 Å². The Labute approximate surface area is 185 Å². The molecule has 4 atom stereocenters. The highest BCUT2D eigenvalue weighted by Gasteiger charge is 2.32. The summed E-state index contributed by atoms with van der Waals surface area (Å²) in [5, 5.41) is 24.9. The molecule has 0 saturated carbocycles. The van der Waals surface area contributed by atoms with Crippen molar-refractivity contribution in [3.63, 3.8) is 0 Å². The van der Waals surface area contributed by atoms with Gasteiger partial charge in [-0.1, -0.05) is 50.6 Å². The Morgan fingerprint density at radius 2 is 1.56 bits per heavy atom. The number of nitrogens with two attached hydrogens (primary N) is 1. The maximum Gasteiger partial charge on any atom is 0.322 e. The van der Waals surface area contributed by atoms with Crippen molar-refractivity contribution in [3.05, 3.63) is 35.9 Å². The van der Waals surface area contributed by atoms with Crippen LogP contribution in [0.2, 0.25) is 0 Å². The number of nitrogens with one attached hydrogen (secondary N) is 3. The molecule has 0 aliphatic heterocycles. The summed E-state index contributed by atoms with van der Waals surface area (Å²) < 4.78 is 0. The van der Waals surface area contributed by atoms with Crippen molar-refractivity contribution in [2.24, 2.45) is 11.7 Å². The predicted octanol–water partition coefficient (Wildman–Crippen LogP) is -0.752. The summed E-state index contributed by atoms with van der Waals surface area (Å²) in [4.78, 5) is 59.5. The molecule has 0 bridgehead atoms. The molecule has 4 unspecified atom stereocenters. The van der Waals surface area contributed by atoms with Crippen LogP contribution in [0, 0.1) is 5.92 Å². The van der Waals surface area contributed by atoms with E-state index in [1.165, 1.54) is 0 Å². The Hall–Kier alpha value is -3.47. The molecule has 0 spiro atoms. The fourth-order valence-corrected chi connectivity index (χ4v) is 2.85. The first kappa shape index (κ1) is 26.6. The predicted molar refractivity (Wildman–Crippen MR) is 114 cm³/mol. The number of amides is 3. The molecule has 0 fully saturated rings. The van der Waals surface area contributed by atoms with Crippen molar-refractivity contribution in [1.82, 2.24) is 16.0 Å². The van der Waals surface area contributed by atoms with E-state index in [-0.39, 0.29) is 12.3 Å². The molecule has 11 nitrogen and oxygen atoms in total. The highest BCUT2D eigenvalue weighted by molar-refractivity contribution is 5.95. The standard InChI is InChI=1S/C21H30N4O7/c1-3-12(2)18(21(32)23-11-17(28)29)25-20(31)15(10-16(26)27)24-19(30)14(22)9-13-7-5-4-6-8-13/h4-8,12,14-15,18H,3,9-11,22H2,1-2H3,(H,23,32)(H,24,30)(H,25,31)(H,26,27)(H,28,29). The van der Waals surface area contributed by atoms with Crippen LogP contribution in [0.15, 0.2) is 30.3 Å². The Morgan fingerprint density at radius 1 is 0.938 bits per heavy atom. The van der Waals surface area contributed by atoms with Gasteiger partial charge in [-0.3, -0.25) is 24.0 Å². The topological polar surface area (TPSA) is 188 Å². The summed E-state index contributed by atoms with van der Waals surface area (Å²) in [6.07, 6.45) is -0.0654. The van der Waals surface area contributed by atoms with E-state index in [4.69, 9.17) is 15.9 Å². The van der Waals surface area contributed by atoms with E-state index in [0.29, 0.717) is 6.42 Å². The summed E-state index contributed by atoms with van der Waals surface area (Å²) in [6, 6.07) is 5.32. The SMILES string of the molecule is CCC(C)C(NC(=O)C(CC(=O)O)NC(=O)C(N)Cc1ccccc1)C(=O)NCC(=O)O. The molecule has 1 rings (SSSR count). The molecule has 0 heterocycles. The maximum atomic E-state index is 12.7. The quantitative estimate of drug-likeness (QED) is 0.226. The second-order valence-corrected chi connectivity index (χ2v) is 7.44. The van der Waals surface area contributed by atoms with Crippen molar-refractivity contribution in [3.8, 4) is 0 Å². The van der Waals surface area contributed by atoms with Crippen LogP contribution in [-0.4, -0.2) is 64.5 Å². The zero-order valence-corrected chi connectivity index (χ0v) is 18.0. The lowest BCUT2D eigenvalue weighted by Crippen LogP contribution is -2.58. The van der Waals surface area contributed by atoms with Gasteiger partial charge in [0.2, 0.25) is 17.7 Å². The number of benzene rings is 1. The summed E-state index contributed by atoms with van der Waals surface area (Å²) in [7, 11) is 0. The van der Waals surface area contributed by atoms with Gasteiger partial charge in [0.15, 0.2) is 0 Å². The molecule has 3 amide bonds. The molecular formula is C21H30N4O7. The van der Waals surface area contributed by atoms with Gasteiger partial charge in [0, 0.05) is 0 Å². The Balaban J connectivity index is 2.89. The lowest BCUT2D eigenvalue weighted by molar-refractivity contribution is -0.142. The molecule has 0 saturated heterocycles. The molecule has 11 heteroatoms. The molecule has 1 aromatic rings. The van der Waals surface area contributed by atoms with E-state index in [9.17, 15) is 24.0 Å². The molecule has 7 N–H and O–H groups in total. The van der Waals surface area contributed by atoms with Crippen molar-refractivity contribution in [1.29, 1.82) is 0 Å². The summed E-state index contributed by atoms with van der Waals surface area (Å²) in [5.74, 6) is -5.30. The smallest absolute Gasteiger partial charge is 0.322 e. The number of carboxylic acid groups (broad SMARTS) is 2.